The zero-order valence-corrected chi connectivity index (χ0v) is 24.5. The molecule has 1 aromatic heterocycles. The number of aryl methyl sites for hydroxylation is 2. The molecular formula is C36H31NO6. The normalized spacial score (nSPS) is 14.2. The molecule has 2 heterocycles. The topological polar surface area (TPSA) is 86.0 Å². The Hall–Kier alpha value is -5.17. The number of fused-ring (bicyclic) bond motifs is 2. The molecular weight excluding hydrogens is 542 g/mol. The van der Waals surface area contributed by atoms with Gasteiger partial charge in [-0.25, -0.2) is 0 Å². The van der Waals surface area contributed by atoms with Crippen LogP contribution in [0.15, 0.2) is 94.1 Å². The summed E-state index contributed by atoms with van der Waals surface area (Å²) in [5, 5.41) is 0.418. The molecule has 5 aromatic rings. The minimum absolute atomic E-state index is 0.00348. The first-order valence-corrected chi connectivity index (χ1v) is 14.2. The van der Waals surface area contributed by atoms with Gasteiger partial charge in [0.05, 0.1) is 23.6 Å². The molecule has 0 aliphatic carbocycles. The Balaban J connectivity index is 1.51. The van der Waals surface area contributed by atoms with Gasteiger partial charge < -0.3 is 13.9 Å². The molecule has 7 nitrogen and oxygen atoms in total. The summed E-state index contributed by atoms with van der Waals surface area (Å²) in [5.74, 6) is 0.535. The van der Waals surface area contributed by atoms with Crippen molar-refractivity contribution in [3.05, 3.63) is 134 Å². The summed E-state index contributed by atoms with van der Waals surface area (Å²) in [6.07, 6.45) is 0. The third-order valence-corrected chi connectivity index (χ3v) is 7.86. The lowest BCUT2D eigenvalue weighted by Crippen LogP contribution is -2.29. The van der Waals surface area contributed by atoms with Gasteiger partial charge in [-0.2, -0.15) is 0 Å². The van der Waals surface area contributed by atoms with Crippen LogP contribution in [-0.2, 0) is 6.61 Å². The van der Waals surface area contributed by atoms with Crippen molar-refractivity contribution in [2.24, 2.45) is 0 Å². The second-order valence-electron chi connectivity index (χ2n) is 10.7. The molecule has 1 unspecified atom stereocenters. The average molecular weight is 574 g/mol. The number of nitrogens with zero attached hydrogens (tertiary/aromatic N) is 1. The standard InChI is InChI=1S/C36H31NO6/c1-5-41-31-19-26(13-16-29(31)42-20-24-9-7-6-8-10-24)33-32-34(39)28-17-21(2)22(3)18-30(28)43-35(32)36(40)37(33)27-14-11-25(12-15-27)23(4)38/h6-19,33H,5,20H2,1-4H3. The van der Waals surface area contributed by atoms with E-state index in [0.29, 0.717) is 52.5 Å². The fraction of sp³-hybridized carbons (Fsp3) is 0.194. The van der Waals surface area contributed by atoms with Crippen LogP contribution in [-0.4, -0.2) is 18.3 Å². The second-order valence-corrected chi connectivity index (χ2v) is 10.7. The second kappa shape index (κ2) is 11.2. The minimum atomic E-state index is -0.796. The van der Waals surface area contributed by atoms with E-state index in [1.54, 1.807) is 41.3 Å². The van der Waals surface area contributed by atoms with E-state index < -0.39 is 11.9 Å². The number of carbonyl (C=O) groups excluding carboxylic acids is 2. The van der Waals surface area contributed by atoms with Crippen molar-refractivity contribution in [1.29, 1.82) is 0 Å². The van der Waals surface area contributed by atoms with Gasteiger partial charge >= 0.3 is 0 Å². The van der Waals surface area contributed by atoms with Crippen LogP contribution in [0.3, 0.4) is 0 Å². The van der Waals surface area contributed by atoms with Gasteiger partial charge in [-0.1, -0.05) is 36.4 Å². The van der Waals surface area contributed by atoms with Crippen LogP contribution in [0.5, 0.6) is 11.5 Å². The van der Waals surface area contributed by atoms with Crippen molar-refractivity contribution >= 4 is 28.3 Å². The Morgan fingerprint density at radius 1 is 0.860 bits per heavy atom. The molecule has 216 valence electrons. The van der Waals surface area contributed by atoms with Crippen molar-refractivity contribution < 1.29 is 23.5 Å². The molecule has 1 aliphatic heterocycles. The molecule has 6 rings (SSSR count). The number of hydrogen-bond donors (Lipinski definition) is 0. The van der Waals surface area contributed by atoms with Crippen molar-refractivity contribution in [2.45, 2.75) is 40.3 Å². The van der Waals surface area contributed by atoms with Crippen molar-refractivity contribution in [1.82, 2.24) is 0 Å². The van der Waals surface area contributed by atoms with Gasteiger partial charge in [-0.15, -0.1) is 0 Å². The largest absolute Gasteiger partial charge is 0.490 e. The SMILES string of the molecule is CCOc1cc(C2c3c(oc4cc(C)c(C)cc4c3=O)C(=O)N2c2ccc(C(C)=O)cc2)ccc1OCc1ccccc1. The Morgan fingerprint density at radius 2 is 1.58 bits per heavy atom. The Bertz CT molecular complexity index is 1920. The minimum Gasteiger partial charge on any atom is -0.490 e. The van der Waals surface area contributed by atoms with Crippen molar-refractivity contribution in [3.63, 3.8) is 0 Å². The maximum absolute atomic E-state index is 14.1. The molecule has 1 amide bonds. The lowest BCUT2D eigenvalue weighted by Gasteiger charge is -2.26. The highest BCUT2D eigenvalue weighted by Gasteiger charge is 2.44. The van der Waals surface area contributed by atoms with E-state index in [1.807, 2.05) is 69.3 Å². The molecule has 43 heavy (non-hydrogen) atoms. The predicted octanol–water partition coefficient (Wildman–Crippen LogP) is 7.34. The number of Topliss-reactive ketones (excluding diaryl/α,β-unsaturated/α-hetero) is 1. The number of anilines is 1. The van der Waals surface area contributed by atoms with Gasteiger partial charge in [0.15, 0.2) is 22.7 Å². The number of amides is 1. The monoisotopic (exact) mass is 573 g/mol. The molecule has 0 N–H and O–H groups in total. The van der Waals surface area contributed by atoms with Gasteiger partial charge in [0, 0.05) is 11.3 Å². The molecule has 0 radical (unpaired) electrons. The molecule has 1 atom stereocenters. The van der Waals surface area contributed by atoms with E-state index in [2.05, 4.69) is 0 Å². The van der Waals surface area contributed by atoms with Gasteiger partial charge in [-0.3, -0.25) is 19.3 Å². The molecule has 7 heteroatoms. The third kappa shape index (κ3) is 5.07. The quantitative estimate of drug-likeness (QED) is 0.181. The predicted molar refractivity (Wildman–Crippen MR) is 165 cm³/mol. The van der Waals surface area contributed by atoms with Crippen molar-refractivity contribution in [2.75, 3.05) is 11.5 Å². The van der Waals surface area contributed by atoms with Crippen molar-refractivity contribution in [3.8, 4) is 11.5 Å². The third-order valence-electron chi connectivity index (χ3n) is 7.86. The first kappa shape index (κ1) is 28.0. The molecule has 0 saturated carbocycles. The molecule has 1 aliphatic rings. The summed E-state index contributed by atoms with van der Waals surface area (Å²) in [6.45, 7) is 8.00. The number of ketones is 1. The Kier molecular flexibility index (Phi) is 7.32. The fourth-order valence-electron chi connectivity index (χ4n) is 5.48. The first-order valence-electron chi connectivity index (χ1n) is 14.2. The Morgan fingerprint density at radius 3 is 2.28 bits per heavy atom. The van der Waals surface area contributed by atoms with Crippen LogP contribution in [0.4, 0.5) is 5.69 Å². The molecule has 4 aromatic carbocycles. The van der Waals surface area contributed by atoms with Gasteiger partial charge in [0.1, 0.15) is 12.2 Å². The summed E-state index contributed by atoms with van der Waals surface area (Å²) < 4.78 is 18.3. The number of hydrogen-bond acceptors (Lipinski definition) is 6. The van der Waals surface area contributed by atoms with Gasteiger partial charge in [0.2, 0.25) is 5.76 Å². The fourth-order valence-corrected chi connectivity index (χ4v) is 5.48. The molecule has 0 spiro atoms. The lowest BCUT2D eigenvalue weighted by atomic mass is 9.96. The summed E-state index contributed by atoms with van der Waals surface area (Å²) in [7, 11) is 0. The van der Waals surface area contributed by atoms with E-state index in [-0.39, 0.29) is 22.5 Å². The number of carbonyl (C=O) groups is 2. The van der Waals surface area contributed by atoms with Crippen LogP contribution in [0.2, 0.25) is 0 Å². The van der Waals surface area contributed by atoms with E-state index in [0.717, 1.165) is 16.7 Å². The average Bonchev–Trinajstić information content (AvgIpc) is 3.30. The number of benzene rings is 4. The highest BCUT2D eigenvalue weighted by Crippen LogP contribution is 2.43. The van der Waals surface area contributed by atoms with E-state index in [4.69, 9.17) is 13.9 Å². The van der Waals surface area contributed by atoms with Crippen LogP contribution >= 0.6 is 0 Å². The molecule has 0 bridgehead atoms. The van der Waals surface area contributed by atoms with Crippen LogP contribution in [0, 0.1) is 13.8 Å². The van der Waals surface area contributed by atoms with E-state index >= 15 is 0 Å². The lowest BCUT2D eigenvalue weighted by molar-refractivity contribution is 0.0970. The summed E-state index contributed by atoms with van der Waals surface area (Å²) >= 11 is 0. The van der Waals surface area contributed by atoms with Gasteiger partial charge in [-0.05, 0) is 98.5 Å². The Labute approximate surface area is 249 Å². The zero-order valence-electron chi connectivity index (χ0n) is 24.5. The highest BCUT2D eigenvalue weighted by atomic mass is 16.5. The van der Waals surface area contributed by atoms with Crippen LogP contribution < -0.4 is 19.8 Å². The van der Waals surface area contributed by atoms with Crippen LogP contribution in [0.25, 0.3) is 11.0 Å². The smallest absolute Gasteiger partial charge is 0.295 e. The molecule has 0 saturated heterocycles. The summed E-state index contributed by atoms with van der Waals surface area (Å²) in [6, 6.07) is 24.9. The highest BCUT2D eigenvalue weighted by molar-refractivity contribution is 6.11. The summed E-state index contributed by atoms with van der Waals surface area (Å²) in [5.41, 5.74) is 5.01. The maximum Gasteiger partial charge on any atom is 0.295 e. The maximum atomic E-state index is 14.1. The van der Waals surface area contributed by atoms with Gasteiger partial charge in [0.25, 0.3) is 5.91 Å². The number of ether oxygens (including phenoxy) is 2. The summed E-state index contributed by atoms with van der Waals surface area (Å²) in [4.78, 5) is 41.7. The molecule has 0 fully saturated rings. The zero-order chi connectivity index (χ0) is 30.2. The van der Waals surface area contributed by atoms with E-state index in [1.165, 1.54) is 6.92 Å². The first-order chi connectivity index (χ1) is 20.8. The number of rotatable bonds is 8. The van der Waals surface area contributed by atoms with Crippen LogP contribution in [0.1, 0.15) is 68.6 Å². The van der Waals surface area contributed by atoms with E-state index in [9.17, 15) is 14.4 Å².